The van der Waals surface area contributed by atoms with Crippen LogP contribution in [0.2, 0.25) is 0 Å². The van der Waals surface area contributed by atoms with Gasteiger partial charge >= 0.3 is 0 Å². The number of aromatic nitrogens is 2. The van der Waals surface area contributed by atoms with Crippen molar-refractivity contribution in [2.75, 3.05) is 5.43 Å². The van der Waals surface area contributed by atoms with Crippen LogP contribution < -0.4 is 16.8 Å². The first kappa shape index (κ1) is 13.7. The van der Waals surface area contributed by atoms with Gasteiger partial charge in [-0.05, 0) is 13.0 Å². The Morgan fingerprint density at radius 3 is 2.95 bits per heavy atom. The Labute approximate surface area is 114 Å². The molecule has 0 aliphatic carbocycles. The molecule has 3 N–H and O–H groups in total. The highest BCUT2D eigenvalue weighted by molar-refractivity contribution is 5.43. The Balaban J connectivity index is 2.46. The standard InChI is InChI=1S/C12H13N5O3/c1-8-5-11(18)16(7-10(8)17(19)20)6-9-3-2-4-14-12(9)15-13/h2-5,7H,6,13H2,1H3,(H,14,15). The number of nitrogen functional groups attached to an aromatic ring is 1. The van der Waals surface area contributed by atoms with Crippen molar-refractivity contribution in [3.05, 3.63) is 62.2 Å². The molecule has 0 aliphatic heterocycles. The number of nitrogens with one attached hydrogen (secondary N) is 1. The van der Waals surface area contributed by atoms with Gasteiger partial charge in [-0.3, -0.25) is 14.9 Å². The van der Waals surface area contributed by atoms with Crippen molar-refractivity contribution < 1.29 is 4.92 Å². The summed E-state index contributed by atoms with van der Waals surface area (Å²) >= 11 is 0. The minimum atomic E-state index is -0.517. The van der Waals surface area contributed by atoms with Crippen LogP contribution in [-0.4, -0.2) is 14.5 Å². The lowest BCUT2D eigenvalue weighted by atomic mass is 10.2. The van der Waals surface area contributed by atoms with E-state index in [-0.39, 0.29) is 17.8 Å². The number of hydrogen-bond donors (Lipinski definition) is 2. The highest BCUT2D eigenvalue weighted by atomic mass is 16.6. The van der Waals surface area contributed by atoms with Gasteiger partial charge in [0.1, 0.15) is 5.82 Å². The van der Waals surface area contributed by atoms with Gasteiger partial charge in [0.2, 0.25) is 0 Å². The lowest BCUT2D eigenvalue weighted by Crippen LogP contribution is -2.22. The number of pyridine rings is 2. The molecule has 2 rings (SSSR count). The number of nitrogens with two attached hydrogens (primary N) is 1. The molecule has 8 nitrogen and oxygen atoms in total. The summed E-state index contributed by atoms with van der Waals surface area (Å²) in [6, 6.07) is 4.67. The molecule has 2 aromatic heterocycles. The van der Waals surface area contributed by atoms with Crippen molar-refractivity contribution in [3.8, 4) is 0 Å². The van der Waals surface area contributed by atoms with Crippen LogP contribution in [0.1, 0.15) is 11.1 Å². The molecule has 2 heterocycles. The second kappa shape index (κ2) is 5.49. The number of aryl methyl sites for hydroxylation is 1. The molecule has 0 aliphatic rings. The van der Waals surface area contributed by atoms with Crippen LogP contribution in [0.25, 0.3) is 0 Å². The maximum Gasteiger partial charge on any atom is 0.288 e. The fourth-order valence-corrected chi connectivity index (χ4v) is 1.85. The van der Waals surface area contributed by atoms with Gasteiger partial charge in [0.15, 0.2) is 0 Å². The van der Waals surface area contributed by atoms with E-state index in [0.717, 1.165) is 0 Å². The van der Waals surface area contributed by atoms with Gasteiger partial charge < -0.3 is 9.99 Å². The van der Waals surface area contributed by atoms with Crippen molar-refractivity contribution in [2.45, 2.75) is 13.5 Å². The van der Waals surface area contributed by atoms with Gasteiger partial charge in [0, 0.05) is 23.4 Å². The second-order valence-corrected chi connectivity index (χ2v) is 4.22. The Morgan fingerprint density at radius 1 is 1.55 bits per heavy atom. The average molecular weight is 275 g/mol. The fraction of sp³-hybridized carbons (Fsp3) is 0.167. The fourth-order valence-electron chi connectivity index (χ4n) is 1.85. The normalized spacial score (nSPS) is 10.3. The van der Waals surface area contributed by atoms with Crippen molar-refractivity contribution in [1.29, 1.82) is 0 Å². The summed E-state index contributed by atoms with van der Waals surface area (Å²) in [5, 5.41) is 10.9. The van der Waals surface area contributed by atoms with Crippen molar-refractivity contribution in [3.63, 3.8) is 0 Å². The molecule has 104 valence electrons. The number of hydrogen-bond acceptors (Lipinski definition) is 6. The van der Waals surface area contributed by atoms with Gasteiger partial charge in [0.25, 0.3) is 11.2 Å². The average Bonchev–Trinajstić information content (AvgIpc) is 2.42. The highest BCUT2D eigenvalue weighted by Gasteiger charge is 2.14. The molecule has 0 saturated carbocycles. The quantitative estimate of drug-likeness (QED) is 0.484. The van der Waals surface area contributed by atoms with Crippen LogP contribution in [0.5, 0.6) is 0 Å². The molecule has 0 bridgehead atoms. The van der Waals surface area contributed by atoms with E-state index in [2.05, 4.69) is 10.4 Å². The minimum Gasteiger partial charge on any atom is -0.308 e. The molecule has 2 aromatic rings. The Bertz CT molecular complexity index is 710. The van der Waals surface area contributed by atoms with E-state index in [0.29, 0.717) is 16.9 Å². The van der Waals surface area contributed by atoms with E-state index in [4.69, 9.17) is 5.84 Å². The minimum absolute atomic E-state index is 0.101. The van der Waals surface area contributed by atoms with Crippen LogP contribution >= 0.6 is 0 Å². The zero-order chi connectivity index (χ0) is 14.7. The molecule has 0 aromatic carbocycles. The molecule has 0 unspecified atom stereocenters. The van der Waals surface area contributed by atoms with Gasteiger partial charge in [-0.15, -0.1) is 0 Å². The smallest absolute Gasteiger partial charge is 0.288 e. The summed E-state index contributed by atoms with van der Waals surface area (Å²) in [4.78, 5) is 26.3. The Hall–Kier alpha value is -2.74. The van der Waals surface area contributed by atoms with Crippen LogP contribution in [0, 0.1) is 17.0 Å². The third-order valence-electron chi connectivity index (χ3n) is 2.87. The van der Waals surface area contributed by atoms with Gasteiger partial charge in [-0.2, -0.15) is 0 Å². The first-order chi connectivity index (χ1) is 9.52. The topological polar surface area (TPSA) is 116 Å². The van der Waals surface area contributed by atoms with Crippen LogP contribution in [-0.2, 0) is 6.54 Å². The SMILES string of the molecule is Cc1cc(=O)n(Cc2cccnc2NN)cc1[N+](=O)[O-]. The van der Waals surface area contributed by atoms with Crippen LogP contribution in [0.4, 0.5) is 11.5 Å². The van der Waals surface area contributed by atoms with Crippen LogP contribution in [0.15, 0.2) is 35.4 Å². The Morgan fingerprint density at radius 2 is 2.30 bits per heavy atom. The van der Waals surface area contributed by atoms with E-state index in [1.165, 1.54) is 23.8 Å². The predicted molar refractivity (Wildman–Crippen MR) is 73.2 cm³/mol. The molecule has 0 saturated heterocycles. The van der Waals surface area contributed by atoms with E-state index >= 15 is 0 Å². The lowest BCUT2D eigenvalue weighted by Gasteiger charge is -2.10. The molecule has 0 amide bonds. The molecule has 0 radical (unpaired) electrons. The first-order valence-corrected chi connectivity index (χ1v) is 5.79. The van der Waals surface area contributed by atoms with E-state index < -0.39 is 4.92 Å². The third kappa shape index (κ3) is 2.64. The van der Waals surface area contributed by atoms with Crippen molar-refractivity contribution in [1.82, 2.24) is 9.55 Å². The summed E-state index contributed by atoms with van der Waals surface area (Å²) in [6.07, 6.45) is 2.78. The van der Waals surface area contributed by atoms with E-state index in [1.54, 1.807) is 18.3 Å². The molecule has 8 heteroatoms. The monoisotopic (exact) mass is 275 g/mol. The number of nitrogens with zero attached hydrogens (tertiary/aromatic N) is 3. The Kier molecular flexibility index (Phi) is 3.76. The number of hydrazine groups is 1. The lowest BCUT2D eigenvalue weighted by molar-refractivity contribution is -0.385. The molecule has 0 atom stereocenters. The number of rotatable bonds is 4. The summed E-state index contributed by atoms with van der Waals surface area (Å²) in [6.45, 7) is 1.67. The maximum absolute atomic E-state index is 11.9. The number of anilines is 1. The van der Waals surface area contributed by atoms with Crippen molar-refractivity contribution >= 4 is 11.5 Å². The molecular weight excluding hydrogens is 262 g/mol. The highest BCUT2D eigenvalue weighted by Crippen LogP contribution is 2.16. The van der Waals surface area contributed by atoms with Gasteiger partial charge in [-0.25, -0.2) is 10.8 Å². The predicted octanol–water partition coefficient (Wildman–Crippen LogP) is 0.794. The second-order valence-electron chi connectivity index (χ2n) is 4.22. The zero-order valence-electron chi connectivity index (χ0n) is 10.7. The molecule has 0 fully saturated rings. The molecule has 20 heavy (non-hydrogen) atoms. The summed E-state index contributed by atoms with van der Waals surface area (Å²) in [5.41, 5.74) is 3.00. The number of nitro groups is 1. The largest absolute Gasteiger partial charge is 0.308 e. The summed E-state index contributed by atoms with van der Waals surface area (Å²) in [5.74, 6) is 5.76. The third-order valence-corrected chi connectivity index (χ3v) is 2.87. The van der Waals surface area contributed by atoms with E-state index in [9.17, 15) is 14.9 Å². The van der Waals surface area contributed by atoms with Gasteiger partial charge in [0.05, 0.1) is 17.7 Å². The summed E-state index contributed by atoms with van der Waals surface area (Å²) in [7, 11) is 0. The van der Waals surface area contributed by atoms with Crippen molar-refractivity contribution in [2.24, 2.45) is 5.84 Å². The maximum atomic E-state index is 11.9. The van der Waals surface area contributed by atoms with E-state index in [1.807, 2.05) is 0 Å². The molecule has 0 spiro atoms. The summed E-state index contributed by atoms with van der Waals surface area (Å²) < 4.78 is 1.25. The van der Waals surface area contributed by atoms with Crippen LogP contribution in [0.3, 0.4) is 0 Å². The first-order valence-electron chi connectivity index (χ1n) is 5.79. The molecular formula is C12H13N5O3. The van der Waals surface area contributed by atoms with Gasteiger partial charge in [-0.1, -0.05) is 6.07 Å². The zero-order valence-corrected chi connectivity index (χ0v) is 10.7.